The average molecular weight is 269 g/mol. The molecule has 0 aliphatic rings. The highest BCUT2D eigenvalue weighted by atomic mass is 19.1. The van der Waals surface area contributed by atoms with E-state index in [1.807, 2.05) is 18.2 Å². The lowest BCUT2D eigenvalue weighted by atomic mass is 10.2. The SMILES string of the molecule is COc1ccc2c(c1)cc(C=O)n2-c1ccc(F)cc1. The molecule has 4 heteroatoms. The molecule has 1 heterocycles. The molecule has 100 valence electrons. The van der Waals surface area contributed by atoms with Crippen LogP contribution in [0.3, 0.4) is 0 Å². The first-order valence-electron chi connectivity index (χ1n) is 6.13. The Kier molecular flexibility index (Phi) is 2.99. The summed E-state index contributed by atoms with van der Waals surface area (Å²) in [6, 6.07) is 13.4. The zero-order valence-corrected chi connectivity index (χ0v) is 10.8. The molecule has 3 aromatic rings. The Balaban J connectivity index is 2.27. The molecule has 20 heavy (non-hydrogen) atoms. The largest absolute Gasteiger partial charge is 0.497 e. The van der Waals surface area contributed by atoms with E-state index in [0.717, 1.165) is 28.6 Å². The molecule has 0 aliphatic carbocycles. The Morgan fingerprint density at radius 3 is 2.50 bits per heavy atom. The predicted octanol–water partition coefficient (Wildman–Crippen LogP) is 3.59. The minimum Gasteiger partial charge on any atom is -0.497 e. The van der Waals surface area contributed by atoms with E-state index in [1.165, 1.54) is 12.1 Å². The van der Waals surface area contributed by atoms with Crippen LogP contribution in [-0.4, -0.2) is 18.0 Å². The number of nitrogens with zero attached hydrogens (tertiary/aromatic N) is 1. The van der Waals surface area contributed by atoms with Crippen LogP contribution in [-0.2, 0) is 0 Å². The van der Waals surface area contributed by atoms with E-state index in [9.17, 15) is 9.18 Å². The minimum atomic E-state index is -0.306. The molecule has 2 aromatic carbocycles. The zero-order valence-electron chi connectivity index (χ0n) is 10.8. The summed E-state index contributed by atoms with van der Waals surface area (Å²) in [4.78, 5) is 11.3. The van der Waals surface area contributed by atoms with Crippen LogP contribution < -0.4 is 4.74 Å². The van der Waals surface area contributed by atoms with Crippen LogP contribution in [0.2, 0.25) is 0 Å². The number of hydrogen-bond donors (Lipinski definition) is 0. The third-order valence-electron chi connectivity index (χ3n) is 3.24. The van der Waals surface area contributed by atoms with E-state index in [0.29, 0.717) is 5.69 Å². The number of ether oxygens (including phenoxy) is 1. The van der Waals surface area contributed by atoms with Crippen LogP contribution in [0.1, 0.15) is 10.5 Å². The summed E-state index contributed by atoms with van der Waals surface area (Å²) in [5.74, 6) is 0.422. The molecule has 0 saturated heterocycles. The number of halogens is 1. The van der Waals surface area contributed by atoms with Gasteiger partial charge in [-0.3, -0.25) is 4.79 Å². The predicted molar refractivity (Wildman–Crippen MR) is 75.2 cm³/mol. The van der Waals surface area contributed by atoms with E-state index in [4.69, 9.17) is 4.74 Å². The van der Waals surface area contributed by atoms with Gasteiger partial charge in [-0.1, -0.05) is 0 Å². The Labute approximate surface area is 115 Å². The lowest BCUT2D eigenvalue weighted by Crippen LogP contribution is -1.98. The fourth-order valence-electron chi connectivity index (χ4n) is 2.31. The molecule has 0 bridgehead atoms. The Morgan fingerprint density at radius 1 is 1.10 bits per heavy atom. The summed E-state index contributed by atoms with van der Waals surface area (Å²) in [6.45, 7) is 0. The van der Waals surface area contributed by atoms with Crippen molar-refractivity contribution in [1.29, 1.82) is 0 Å². The fourth-order valence-corrected chi connectivity index (χ4v) is 2.31. The van der Waals surface area contributed by atoms with Gasteiger partial charge in [0.05, 0.1) is 18.3 Å². The van der Waals surface area contributed by atoms with Crippen LogP contribution in [0.15, 0.2) is 48.5 Å². The quantitative estimate of drug-likeness (QED) is 0.680. The zero-order chi connectivity index (χ0) is 14.1. The van der Waals surface area contributed by atoms with E-state index in [2.05, 4.69) is 0 Å². The average Bonchev–Trinajstić information content (AvgIpc) is 2.85. The standard InChI is InChI=1S/C16H12FNO2/c1-20-15-6-7-16-11(9-15)8-14(10-19)18(16)13-4-2-12(17)3-5-13/h2-10H,1H3. The van der Waals surface area contributed by atoms with Gasteiger partial charge in [0.2, 0.25) is 0 Å². The first kappa shape index (κ1) is 12.4. The van der Waals surface area contributed by atoms with Crippen molar-refractivity contribution < 1.29 is 13.9 Å². The monoisotopic (exact) mass is 269 g/mol. The molecule has 0 N–H and O–H groups in total. The number of aldehydes is 1. The summed E-state index contributed by atoms with van der Waals surface area (Å²) in [6.07, 6.45) is 0.788. The van der Waals surface area contributed by atoms with Gasteiger partial charge in [0.25, 0.3) is 0 Å². The topological polar surface area (TPSA) is 31.2 Å². The maximum Gasteiger partial charge on any atom is 0.166 e. The normalized spacial score (nSPS) is 10.7. The van der Waals surface area contributed by atoms with Gasteiger partial charge in [-0.05, 0) is 48.5 Å². The molecular formula is C16H12FNO2. The van der Waals surface area contributed by atoms with Gasteiger partial charge < -0.3 is 9.30 Å². The number of hydrogen-bond acceptors (Lipinski definition) is 2. The first-order chi connectivity index (χ1) is 9.72. The van der Waals surface area contributed by atoms with Crippen LogP contribution in [0.5, 0.6) is 5.75 Å². The summed E-state index contributed by atoms with van der Waals surface area (Å²) in [7, 11) is 1.60. The second kappa shape index (κ2) is 4.81. The molecular weight excluding hydrogens is 257 g/mol. The number of methoxy groups -OCH3 is 1. The van der Waals surface area contributed by atoms with Gasteiger partial charge >= 0.3 is 0 Å². The molecule has 0 atom stereocenters. The summed E-state index contributed by atoms with van der Waals surface area (Å²) < 4.78 is 20.0. The van der Waals surface area contributed by atoms with Gasteiger partial charge in [-0.15, -0.1) is 0 Å². The molecule has 1 aromatic heterocycles. The fraction of sp³-hybridized carbons (Fsp3) is 0.0625. The number of benzene rings is 2. The molecule has 0 unspecified atom stereocenters. The maximum absolute atomic E-state index is 13.0. The van der Waals surface area contributed by atoms with Gasteiger partial charge in [0, 0.05) is 11.1 Å². The van der Waals surface area contributed by atoms with Gasteiger partial charge in [-0.25, -0.2) is 4.39 Å². The van der Waals surface area contributed by atoms with Crippen LogP contribution in [0.25, 0.3) is 16.6 Å². The van der Waals surface area contributed by atoms with Crippen molar-refractivity contribution in [2.24, 2.45) is 0 Å². The number of carbonyl (C=O) groups excluding carboxylic acids is 1. The summed E-state index contributed by atoms with van der Waals surface area (Å²) in [5, 5.41) is 0.899. The molecule has 0 radical (unpaired) electrons. The molecule has 0 saturated carbocycles. The van der Waals surface area contributed by atoms with Crippen LogP contribution >= 0.6 is 0 Å². The van der Waals surface area contributed by atoms with Crippen molar-refractivity contribution >= 4 is 17.2 Å². The molecule has 3 nitrogen and oxygen atoms in total. The van der Waals surface area contributed by atoms with Crippen molar-refractivity contribution in [2.45, 2.75) is 0 Å². The third kappa shape index (κ3) is 1.95. The lowest BCUT2D eigenvalue weighted by Gasteiger charge is -2.08. The molecule has 0 aliphatic heterocycles. The third-order valence-corrected chi connectivity index (χ3v) is 3.24. The second-order valence-corrected chi connectivity index (χ2v) is 4.42. The van der Waals surface area contributed by atoms with Gasteiger partial charge in [0.1, 0.15) is 11.6 Å². The van der Waals surface area contributed by atoms with Crippen molar-refractivity contribution in [2.75, 3.05) is 7.11 Å². The highest BCUT2D eigenvalue weighted by Crippen LogP contribution is 2.27. The molecule has 0 spiro atoms. The van der Waals surface area contributed by atoms with Crippen molar-refractivity contribution in [3.63, 3.8) is 0 Å². The van der Waals surface area contributed by atoms with Crippen LogP contribution in [0.4, 0.5) is 4.39 Å². The number of fused-ring (bicyclic) bond motifs is 1. The Bertz CT molecular complexity index is 775. The van der Waals surface area contributed by atoms with E-state index < -0.39 is 0 Å². The van der Waals surface area contributed by atoms with E-state index in [1.54, 1.807) is 29.9 Å². The molecule has 0 amide bonds. The van der Waals surface area contributed by atoms with Crippen molar-refractivity contribution in [3.05, 3.63) is 60.0 Å². The summed E-state index contributed by atoms with van der Waals surface area (Å²) in [5.41, 5.74) is 2.13. The Hall–Kier alpha value is -2.62. The minimum absolute atomic E-state index is 0.306. The van der Waals surface area contributed by atoms with E-state index >= 15 is 0 Å². The highest BCUT2D eigenvalue weighted by molar-refractivity contribution is 5.91. The second-order valence-electron chi connectivity index (χ2n) is 4.42. The van der Waals surface area contributed by atoms with Crippen molar-refractivity contribution in [1.82, 2.24) is 4.57 Å². The van der Waals surface area contributed by atoms with E-state index in [-0.39, 0.29) is 5.82 Å². The maximum atomic E-state index is 13.0. The number of rotatable bonds is 3. The lowest BCUT2D eigenvalue weighted by molar-refractivity contribution is 0.111. The van der Waals surface area contributed by atoms with Gasteiger partial charge in [0.15, 0.2) is 6.29 Å². The van der Waals surface area contributed by atoms with Crippen molar-refractivity contribution in [3.8, 4) is 11.4 Å². The number of aromatic nitrogens is 1. The Morgan fingerprint density at radius 2 is 1.85 bits per heavy atom. The first-order valence-corrected chi connectivity index (χ1v) is 6.13. The number of carbonyl (C=O) groups is 1. The summed E-state index contributed by atoms with van der Waals surface area (Å²) >= 11 is 0. The van der Waals surface area contributed by atoms with Crippen LogP contribution in [0, 0.1) is 5.82 Å². The molecule has 3 rings (SSSR count). The van der Waals surface area contributed by atoms with Gasteiger partial charge in [-0.2, -0.15) is 0 Å². The highest BCUT2D eigenvalue weighted by Gasteiger charge is 2.10. The molecule has 0 fully saturated rings. The smallest absolute Gasteiger partial charge is 0.166 e.